The summed E-state index contributed by atoms with van der Waals surface area (Å²) in [7, 11) is 0. The standard InChI is InChI=1S/C96H169N5O48/c1-7-9-11-13-15-17-19-21-23-25-27-29-31-33-50(114)49(101-60(115)34-32-30-28-26-24-22-20-18-16-14-12-10-8-2)43-132-92-77(128)75(126)84(58(42-109)141-92)146-95-79(130)86(68(119)54(38-105)137-95)148-90-63(99-47(5)112)73(124)83(57(41-108)139-90)145-96-80(131)87(69(120)59(142-96)44-133-88-62(98-46(4)111)71(122)81(55(39-106)138-88)143-93-76(127)74(125)66(117)52(36-103)135-93)149-91-64(100-48(6)113)72(123)82(56(40-107)140-91)144-94-78(129)85(67(118)53(37-104)136-94)147-89-61(97-45(3)110)70(121)65(116)51(35-102)134-89/h31,33,49-59,61-96,102-109,114,116-131H,7-30,32,34-44H2,1-6H3,(H,97,110)(H,98,111)(H,99,112)(H,100,113)(H,101,115)/b33-31+/t49-,50+,51?,52?,53?,54?,55?,56?,57?,58?,59?,61?,62?,63?,64?,65-,66-,67-,68-,69-,70+,71+,72+,73+,74-,75+,76?,77?,78?,79?,80?,81+,82+,83+,84+,85-,86-,87-,88+,89+,90-,91-,92+,93-,94-,95-,96-/m0/s1. The monoisotopic (exact) mass is 2160 g/mol. The van der Waals surface area contributed by atoms with Crippen LogP contribution in [0.15, 0.2) is 12.2 Å². The van der Waals surface area contributed by atoms with E-state index in [0.29, 0.717) is 12.8 Å². The Morgan fingerprint density at radius 3 is 0.899 bits per heavy atom. The molecule has 0 saturated carbocycles. The molecule has 53 nitrogen and oxygen atoms in total. The zero-order chi connectivity index (χ0) is 109. The van der Waals surface area contributed by atoms with Gasteiger partial charge in [0.1, 0.15) is 219 Å². The molecule has 5 amide bonds. The van der Waals surface area contributed by atoms with E-state index in [1.807, 2.05) is 6.08 Å². The Balaban J connectivity index is 0.937. The van der Waals surface area contributed by atoms with Gasteiger partial charge in [-0.25, -0.2) is 0 Å². The third-order valence-electron chi connectivity index (χ3n) is 28.4. The highest BCUT2D eigenvalue weighted by atomic mass is 16.8. The van der Waals surface area contributed by atoms with Gasteiger partial charge in [0.05, 0.1) is 78.2 Å². The number of allylic oxidation sites excluding steroid dienone is 1. The quantitative estimate of drug-likeness (QED) is 0.0199. The number of unbranched alkanes of at least 4 members (excludes halogenated alkanes) is 23. The van der Waals surface area contributed by atoms with Gasteiger partial charge in [-0.05, 0) is 19.3 Å². The van der Waals surface area contributed by atoms with E-state index in [1.165, 1.54) is 83.5 Å². The lowest BCUT2D eigenvalue weighted by Crippen LogP contribution is -2.71. The highest BCUT2D eigenvalue weighted by Crippen LogP contribution is 2.41. The Labute approximate surface area is 864 Å². The molecule has 9 aliphatic rings. The summed E-state index contributed by atoms with van der Waals surface area (Å²) < 4.78 is 108. The van der Waals surface area contributed by atoms with Crippen LogP contribution < -0.4 is 26.6 Å². The van der Waals surface area contributed by atoms with E-state index in [0.717, 1.165) is 91.9 Å². The lowest BCUT2D eigenvalue weighted by Gasteiger charge is -2.51. The molecule has 0 aliphatic carbocycles. The van der Waals surface area contributed by atoms with E-state index in [1.54, 1.807) is 6.08 Å². The first-order valence-corrected chi connectivity index (χ1v) is 52.5. The van der Waals surface area contributed by atoms with Crippen LogP contribution in [0.3, 0.4) is 0 Å². The summed E-state index contributed by atoms with van der Waals surface area (Å²) in [6, 6.07) is -8.75. The average molecular weight is 2160 g/mol. The van der Waals surface area contributed by atoms with Gasteiger partial charge >= 0.3 is 0 Å². The SMILES string of the molecule is CCCCCCCCCCCCC/C=C/[C@@H](O)[C@H](CO[C@@H]1OC(CO)[C@@H](O[C@@H]2OC(CO)[C@H](O)[C@H](O[C@@H]3OC(CO)[C@@H](O[C@@H]4OC(CO[C@@H]5OC(CO)[C@@H](O[C@@H]6OC(CO)[C@H](O)[C@H](O)C6O)[C@H](O)C5NC(C)=O)[C@H](O)[C@H](O[C@@H]5OC(CO)[C@@H](O[C@@H]6OC(CO)[C@H](O)[C@H](O[C@H]7OC(CO)[C@H](O)[C@H](O)C7NC(C)=O)C6O)[C@H](O)C5NC(C)=O)C4O)[C@H](O)C3NC(C)=O)C2O)[C@H](O)C1O)NC(=O)CCCCCCCCCCCCCCC. The van der Waals surface area contributed by atoms with Crippen LogP contribution in [0, 0.1) is 0 Å². The van der Waals surface area contributed by atoms with Crippen LogP contribution in [0.2, 0.25) is 0 Å². The second-order valence-electron chi connectivity index (χ2n) is 39.9. The van der Waals surface area contributed by atoms with Crippen molar-refractivity contribution in [1.29, 1.82) is 0 Å². The molecule has 18 unspecified atom stereocenters. The first-order chi connectivity index (χ1) is 71.3. The van der Waals surface area contributed by atoms with Crippen molar-refractivity contribution in [1.82, 2.24) is 26.6 Å². The zero-order valence-electron chi connectivity index (χ0n) is 85.3. The number of carbonyl (C=O) groups excluding carboxylic acids is 5. The number of amides is 5. The first kappa shape index (κ1) is 128. The molecule has 0 aromatic heterocycles. The molecular weight excluding hydrogens is 1990 g/mol. The first-order valence-electron chi connectivity index (χ1n) is 52.5. The van der Waals surface area contributed by atoms with Crippen LogP contribution >= 0.6 is 0 Å². The summed E-state index contributed by atoms with van der Waals surface area (Å²) in [5.41, 5.74) is 0. The topological polar surface area (TPSA) is 817 Å². The van der Waals surface area contributed by atoms with Crippen molar-refractivity contribution >= 4 is 29.5 Å². The Bertz CT molecular complexity index is 3840. The van der Waals surface area contributed by atoms with Gasteiger partial charge in [-0.15, -0.1) is 0 Å². The minimum atomic E-state index is -2.55. The van der Waals surface area contributed by atoms with Gasteiger partial charge in [0, 0.05) is 34.1 Å². The summed E-state index contributed by atoms with van der Waals surface area (Å²) in [6.45, 7) is -2.08. The van der Waals surface area contributed by atoms with Crippen molar-refractivity contribution < 1.29 is 237 Å². The number of rotatable bonds is 61. The minimum Gasteiger partial charge on any atom is -0.394 e. The van der Waals surface area contributed by atoms with E-state index in [2.05, 4.69) is 40.4 Å². The second kappa shape index (κ2) is 64.4. The van der Waals surface area contributed by atoms with Crippen molar-refractivity contribution in [3.8, 4) is 0 Å². The highest BCUT2D eigenvalue weighted by Gasteiger charge is 2.62. The lowest BCUT2D eigenvalue weighted by atomic mass is 9.93. The molecule has 9 rings (SSSR count). The maximum absolute atomic E-state index is 13.7. The van der Waals surface area contributed by atoms with E-state index in [9.17, 15) is 152 Å². The third-order valence-corrected chi connectivity index (χ3v) is 28.4. The minimum absolute atomic E-state index is 0.127. The Hall–Kier alpha value is -4.63. The molecule has 9 heterocycles. The molecule has 0 bridgehead atoms. The predicted octanol–water partition coefficient (Wildman–Crippen LogP) is -9.44. The molecule has 9 aliphatic heterocycles. The van der Waals surface area contributed by atoms with Crippen LogP contribution in [-0.4, -0.2) is 512 Å². The number of carbonyl (C=O) groups is 5. The van der Waals surface area contributed by atoms with E-state index >= 15 is 0 Å². The zero-order valence-corrected chi connectivity index (χ0v) is 85.3. The Morgan fingerprint density at radius 2 is 0.537 bits per heavy atom. The molecule has 149 heavy (non-hydrogen) atoms. The largest absolute Gasteiger partial charge is 0.394 e. The summed E-state index contributed by atoms with van der Waals surface area (Å²) in [5, 5.41) is 297. The number of aliphatic hydroxyl groups is 25. The lowest BCUT2D eigenvalue weighted by molar-refractivity contribution is -0.390. The van der Waals surface area contributed by atoms with Gasteiger partial charge in [-0.2, -0.15) is 0 Å². The number of ether oxygens (including phenoxy) is 18. The van der Waals surface area contributed by atoms with E-state index in [4.69, 9.17) is 85.3 Å². The molecule has 9 saturated heterocycles. The molecule has 9 fully saturated rings. The normalized spacial score (nSPS) is 40.2. The van der Waals surface area contributed by atoms with Crippen LogP contribution in [0.5, 0.6) is 0 Å². The van der Waals surface area contributed by atoms with Gasteiger partial charge in [0.15, 0.2) is 56.6 Å². The fraction of sp³-hybridized carbons (Fsp3) is 0.927. The van der Waals surface area contributed by atoms with Gasteiger partial charge in [0.2, 0.25) is 29.5 Å². The molecular formula is C96H169N5O48. The molecule has 53 heteroatoms. The van der Waals surface area contributed by atoms with Crippen molar-refractivity contribution in [3.63, 3.8) is 0 Å². The van der Waals surface area contributed by atoms with Crippen LogP contribution in [-0.2, 0) is 109 Å². The van der Waals surface area contributed by atoms with Crippen molar-refractivity contribution in [2.45, 2.75) is 497 Å². The van der Waals surface area contributed by atoms with Crippen molar-refractivity contribution in [2.75, 3.05) is 66.1 Å². The average Bonchev–Trinajstić information content (AvgIpc) is 0.760. The summed E-state index contributed by atoms with van der Waals surface area (Å²) in [4.78, 5) is 65.8. The molecule has 0 aromatic rings. The maximum atomic E-state index is 13.7. The van der Waals surface area contributed by atoms with Crippen LogP contribution in [0.1, 0.15) is 208 Å². The predicted molar refractivity (Wildman–Crippen MR) is 506 cm³/mol. The van der Waals surface area contributed by atoms with Gasteiger partial charge < -0.3 is 240 Å². The van der Waals surface area contributed by atoms with Crippen LogP contribution in [0.25, 0.3) is 0 Å². The molecule has 0 aromatic carbocycles. The maximum Gasteiger partial charge on any atom is 0.220 e. The van der Waals surface area contributed by atoms with E-state index in [-0.39, 0.29) is 12.3 Å². The number of aliphatic hydroxyl groups excluding tert-OH is 25. The Morgan fingerprint density at radius 1 is 0.268 bits per heavy atom. The smallest absolute Gasteiger partial charge is 0.220 e. The summed E-state index contributed by atoms with van der Waals surface area (Å²) >= 11 is 0. The summed E-state index contributed by atoms with van der Waals surface area (Å²) in [6.07, 6.45) is -55.1. The van der Waals surface area contributed by atoms with Gasteiger partial charge in [-0.3, -0.25) is 24.0 Å². The summed E-state index contributed by atoms with van der Waals surface area (Å²) in [5.74, 6) is -4.10. The molecule has 0 spiro atoms. The number of hydrogen-bond donors (Lipinski definition) is 30. The third kappa shape index (κ3) is 35.7. The highest BCUT2D eigenvalue weighted by molar-refractivity contribution is 5.76. The van der Waals surface area contributed by atoms with Gasteiger partial charge in [-0.1, -0.05) is 167 Å². The van der Waals surface area contributed by atoms with E-state index < -0.39 is 378 Å². The fourth-order valence-corrected chi connectivity index (χ4v) is 19.9. The molecule has 866 valence electrons. The van der Waals surface area contributed by atoms with Crippen LogP contribution in [0.4, 0.5) is 0 Å². The molecule has 0 radical (unpaired) electrons. The second-order valence-corrected chi connectivity index (χ2v) is 39.9. The molecule has 47 atom stereocenters. The number of hydrogen-bond acceptors (Lipinski definition) is 48. The molecule has 30 N–H and O–H groups in total. The fourth-order valence-electron chi connectivity index (χ4n) is 19.9. The Kier molecular flexibility index (Phi) is 55.3. The van der Waals surface area contributed by atoms with Crippen molar-refractivity contribution in [3.05, 3.63) is 12.2 Å². The van der Waals surface area contributed by atoms with Crippen molar-refractivity contribution in [2.24, 2.45) is 0 Å². The number of nitrogens with one attached hydrogen (secondary N) is 5. The van der Waals surface area contributed by atoms with Gasteiger partial charge in [0.25, 0.3) is 0 Å².